The van der Waals surface area contributed by atoms with Gasteiger partial charge in [0.05, 0.1) is 22.4 Å². The van der Waals surface area contributed by atoms with Crippen LogP contribution in [0.1, 0.15) is 0 Å². The number of nitrogens with zero attached hydrogens (tertiary/aromatic N) is 10. The largest absolute Gasteiger partial charge is 2.00 e. The van der Waals surface area contributed by atoms with Crippen LogP contribution < -0.4 is 19.2 Å². The molecule has 0 bridgehead atoms. The molecule has 0 aliphatic carbocycles. The van der Waals surface area contributed by atoms with E-state index in [0.717, 1.165) is 33.8 Å². The molecule has 10 nitrogen and oxygen atoms in total. The van der Waals surface area contributed by atoms with E-state index in [-0.39, 0.29) is 17.1 Å². The standard InChI is InChI=1S/2C11H8N4.2CHCl3.2CNS.Fe/c2*1-3-7-12-9(5-1)11-10-6-2-4-8-15(10)14-13-11;2*2-1(3)4;2*2-1-3;/h2*1-8H;2*1H;;;/q;;;;2*-1;+2. The fraction of sp³-hybridized carbons (Fsp3) is 0.0769. The monoisotopic (exact) mass is 800 g/mol. The van der Waals surface area contributed by atoms with Gasteiger partial charge in [0, 0.05) is 24.8 Å². The Hall–Kier alpha value is -2.60. The zero-order valence-electron chi connectivity index (χ0n) is 22.3. The van der Waals surface area contributed by atoms with Crippen LogP contribution in [-0.2, 0) is 17.1 Å². The third-order valence-corrected chi connectivity index (χ3v) is 4.46. The second kappa shape index (κ2) is 25.6. The van der Waals surface area contributed by atoms with Gasteiger partial charge in [0.15, 0.2) is 8.59 Å². The second-order valence-corrected chi connectivity index (χ2v) is 11.4. The maximum atomic E-state index is 7.13. The molecule has 0 saturated carbocycles. The Morgan fingerprint density at radius 1 is 0.600 bits per heavy atom. The van der Waals surface area contributed by atoms with Crippen molar-refractivity contribution in [3.05, 3.63) is 108 Å². The summed E-state index contributed by atoms with van der Waals surface area (Å²) in [7, 11) is 0. The molecule has 6 heterocycles. The van der Waals surface area contributed by atoms with Gasteiger partial charge in [-0.1, -0.05) is 129 Å². The first kappa shape index (κ1) is 42.4. The van der Waals surface area contributed by atoms with Gasteiger partial charge in [-0.15, -0.1) is 10.2 Å². The van der Waals surface area contributed by atoms with Crippen LogP contribution in [0.4, 0.5) is 0 Å². The van der Waals surface area contributed by atoms with Gasteiger partial charge in [-0.2, -0.15) is 10.3 Å². The summed E-state index contributed by atoms with van der Waals surface area (Å²) in [4.78, 5) is 8.51. The quantitative estimate of drug-likeness (QED) is 0.0604. The number of isothiocyanates is 2. The van der Waals surface area contributed by atoms with Crippen molar-refractivity contribution in [2.75, 3.05) is 0 Å². The zero-order chi connectivity index (χ0) is 32.7. The third kappa shape index (κ3) is 17.0. The summed E-state index contributed by atoms with van der Waals surface area (Å²) in [5, 5.41) is 33.2. The topological polar surface area (TPSA) is 133 Å². The van der Waals surface area contributed by atoms with Crippen LogP contribution in [0.15, 0.2) is 97.6 Å². The molecular formula is C26H18Cl6FeN10S2. The molecule has 6 aromatic heterocycles. The third-order valence-electron chi connectivity index (χ3n) is 4.46. The molecule has 0 aromatic carbocycles. The summed E-state index contributed by atoms with van der Waals surface area (Å²) in [6.07, 6.45) is 7.25. The molecule has 0 amide bonds. The molecule has 0 saturated heterocycles. The first-order chi connectivity index (χ1) is 21.2. The smallest absolute Gasteiger partial charge is 0.753 e. The first-order valence-corrected chi connectivity index (χ1v) is 14.9. The van der Waals surface area contributed by atoms with Gasteiger partial charge in [0.25, 0.3) is 0 Å². The van der Waals surface area contributed by atoms with Crippen LogP contribution in [0, 0.1) is 0 Å². The van der Waals surface area contributed by atoms with Crippen molar-refractivity contribution in [2.45, 2.75) is 8.59 Å². The molecule has 0 spiro atoms. The summed E-state index contributed by atoms with van der Waals surface area (Å²) in [5.41, 5.74) is 5.26. The average Bonchev–Trinajstić information content (AvgIpc) is 3.64. The number of alkyl halides is 6. The summed E-state index contributed by atoms with van der Waals surface area (Å²) >= 11 is 36.2. The van der Waals surface area contributed by atoms with Crippen LogP contribution in [-0.4, -0.2) is 39.3 Å². The molecule has 6 aromatic rings. The van der Waals surface area contributed by atoms with Gasteiger partial charge >= 0.3 is 17.1 Å². The molecule has 6 rings (SSSR count). The first-order valence-electron chi connectivity index (χ1n) is 11.5. The van der Waals surface area contributed by atoms with Crippen molar-refractivity contribution >= 4 is 115 Å². The average molecular weight is 803 g/mol. The van der Waals surface area contributed by atoms with Crippen LogP contribution in [0.3, 0.4) is 0 Å². The van der Waals surface area contributed by atoms with Gasteiger partial charge in [-0.25, -0.2) is 9.03 Å². The van der Waals surface area contributed by atoms with E-state index in [1.165, 1.54) is 10.3 Å². The maximum Gasteiger partial charge on any atom is 2.00 e. The number of fused-ring (bicyclic) bond motifs is 2. The van der Waals surface area contributed by atoms with Crippen molar-refractivity contribution in [2.24, 2.45) is 0 Å². The maximum absolute atomic E-state index is 7.13. The van der Waals surface area contributed by atoms with E-state index in [2.05, 4.69) is 55.0 Å². The predicted molar refractivity (Wildman–Crippen MR) is 183 cm³/mol. The summed E-state index contributed by atoms with van der Waals surface area (Å²) in [6, 6.07) is 23.2. The van der Waals surface area contributed by atoms with E-state index < -0.39 is 8.59 Å². The van der Waals surface area contributed by atoms with Crippen LogP contribution in [0.5, 0.6) is 0 Å². The van der Waals surface area contributed by atoms with Gasteiger partial charge in [0.1, 0.15) is 11.4 Å². The van der Waals surface area contributed by atoms with E-state index in [9.17, 15) is 0 Å². The van der Waals surface area contributed by atoms with Crippen LogP contribution >= 0.6 is 94.0 Å². The van der Waals surface area contributed by atoms with Crippen molar-refractivity contribution in [3.8, 4) is 22.8 Å². The Bertz CT molecular complexity index is 1580. The molecule has 0 N–H and O–H groups in total. The van der Waals surface area contributed by atoms with Gasteiger partial charge in [-0.3, -0.25) is 9.97 Å². The minimum atomic E-state index is -0.750. The number of hydrogen-bond donors (Lipinski definition) is 0. The molecular weight excluding hydrogens is 785 g/mol. The number of hydrogen-bond acceptors (Lipinski definition) is 6. The minimum Gasteiger partial charge on any atom is -0.753 e. The molecule has 0 aliphatic rings. The molecule has 0 aliphatic heterocycles. The summed E-state index contributed by atoms with van der Waals surface area (Å²) in [6.45, 7) is 0. The Labute approximate surface area is 309 Å². The van der Waals surface area contributed by atoms with E-state index in [1.54, 1.807) is 21.4 Å². The van der Waals surface area contributed by atoms with E-state index >= 15 is 0 Å². The van der Waals surface area contributed by atoms with Crippen molar-refractivity contribution < 1.29 is 26.1 Å². The molecule has 0 unspecified atom stereocenters. The SMILES string of the molecule is ClC(Cl)Cl.ClC(Cl)Cl.[Fe+2].[N-]=C=S.[N-]=C=S.c1ccc(-c2[n-]n[n+]3ccccc23)nc1.c1ccc(-c2[n-]n[n+]3ccccc23)nc1. The Morgan fingerprint density at radius 2 is 0.911 bits per heavy atom. The number of halogens is 6. The van der Waals surface area contributed by atoms with Gasteiger partial charge in [-0.05, 0) is 48.5 Å². The van der Waals surface area contributed by atoms with E-state index in [4.69, 9.17) is 80.4 Å². The summed E-state index contributed by atoms with van der Waals surface area (Å²) in [5.74, 6) is 0. The zero-order valence-corrected chi connectivity index (χ0v) is 29.6. The fourth-order valence-electron chi connectivity index (χ4n) is 3.06. The predicted octanol–water partition coefficient (Wildman–Crippen LogP) is 6.97. The van der Waals surface area contributed by atoms with Crippen molar-refractivity contribution in [3.63, 3.8) is 0 Å². The van der Waals surface area contributed by atoms with Crippen LogP contribution in [0.25, 0.3) is 44.6 Å². The Morgan fingerprint density at radius 3 is 1.20 bits per heavy atom. The number of rotatable bonds is 2. The second-order valence-electron chi connectivity index (χ2n) is 7.04. The van der Waals surface area contributed by atoms with Crippen molar-refractivity contribution in [1.29, 1.82) is 0 Å². The minimum absolute atomic E-state index is 0. The molecule has 0 radical (unpaired) electrons. The molecule has 234 valence electrons. The summed E-state index contributed by atoms with van der Waals surface area (Å²) < 4.78 is 1.98. The van der Waals surface area contributed by atoms with Gasteiger partial charge < -0.3 is 10.8 Å². The molecule has 0 atom stereocenters. The van der Waals surface area contributed by atoms with Gasteiger partial charge in [0.2, 0.25) is 0 Å². The van der Waals surface area contributed by atoms with E-state index in [1.807, 2.05) is 85.2 Å². The fourth-order valence-corrected chi connectivity index (χ4v) is 3.06. The number of pyridine rings is 4. The molecule has 19 heteroatoms. The van der Waals surface area contributed by atoms with Crippen LogP contribution in [0.2, 0.25) is 0 Å². The Balaban J connectivity index is 0.000000605. The Kier molecular flexibility index (Phi) is 24.1. The van der Waals surface area contributed by atoms with E-state index in [0.29, 0.717) is 0 Å². The number of thiocarbonyl (C=S) groups is 2. The van der Waals surface area contributed by atoms with Crippen molar-refractivity contribution in [1.82, 2.24) is 30.6 Å². The number of aromatic nitrogens is 8. The molecule has 0 fully saturated rings. The molecule has 45 heavy (non-hydrogen) atoms. The normalized spacial score (nSPS) is 9.07.